The molecule has 2 aromatic rings. The molecule has 2 heterocycles. The third-order valence-corrected chi connectivity index (χ3v) is 7.72. The molecule has 1 aliphatic heterocycles. The molecule has 13 heteroatoms. The standard InChI is InChI=1S/C21H27N2O9PS/c1-13(18(26)29-3)12-33(28,32-14-7-5-4-6-8-14)30-11-15-17(25)21(2,27)19(31-15)23-10-9-16(24)22-20(23)34/h4-10,13,15,17,19,25,27H,11-12H2,1-3H3,(H,22,24,34)/t13-,15-,17+,19-,21?,33+/m1/s1. The number of aliphatic hydroxyl groups excluding tert-OH is 1. The highest BCUT2D eigenvalue weighted by atomic mass is 32.1. The number of H-pyrrole nitrogens is 1. The minimum atomic E-state index is -3.94. The highest BCUT2D eigenvalue weighted by molar-refractivity contribution is 7.71. The molecule has 1 saturated heterocycles. The number of aromatic amines is 1. The SMILES string of the molecule is COC(=O)[C@H](C)C[P@](=O)(OC[C@H]1O[C@@H](n2ccc(=O)[nH]c2=S)C(C)(O)[C@H]1O)Oc1ccccc1. The number of hydrogen-bond donors (Lipinski definition) is 3. The minimum absolute atomic E-state index is 0.0171. The molecule has 1 aromatic carbocycles. The molecule has 1 aromatic heterocycles. The minimum Gasteiger partial charge on any atom is -0.469 e. The fourth-order valence-electron chi connectivity index (χ4n) is 3.55. The lowest BCUT2D eigenvalue weighted by Gasteiger charge is -2.28. The van der Waals surface area contributed by atoms with Crippen LogP contribution < -0.4 is 10.1 Å². The van der Waals surface area contributed by atoms with E-state index in [9.17, 15) is 24.4 Å². The van der Waals surface area contributed by atoms with Gasteiger partial charge in [-0.05, 0) is 31.3 Å². The summed E-state index contributed by atoms with van der Waals surface area (Å²) in [4.78, 5) is 25.8. The van der Waals surface area contributed by atoms with Gasteiger partial charge in [0.15, 0.2) is 11.0 Å². The lowest BCUT2D eigenvalue weighted by Crippen LogP contribution is -2.44. The van der Waals surface area contributed by atoms with E-state index in [1.165, 1.54) is 37.8 Å². The number of aromatic nitrogens is 2. The number of nitrogens with one attached hydrogen (secondary N) is 1. The number of ether oxygens (including phenoxy) is 2. The molecule has 1 aliphatic rings. The molecular weight excluding hydrogens is 487 g/mol. The van der Waals surface area contributed by atoms with Crippen molar-refractivity contribution in [2.75, 3.05) is 19.9 Å². The first-order valence-electron chi connectivity index (χ1n) is 10.4. The van der Waals surface area contributed by atoms with E-state index in [4.69, 9.17) is 30.7 Å². The fourth-order valence-corrected chi connectivity index (χ4v) is 5.67. The Morgan fingerprint density at radius 1 is 1.35 bits per heavy atom. The second-order valence-electron chi connectivity index (χ2n) is 8.13. The maximum atomic E-state index is 13.6. The van der Waals surface area contributed by atoms with E-state index >= 15 is 0 Å². The van der Waals surface area contributed by atoms with Crippen molar-refractivity contribution < 1.29 is 38.1 Å². The Morgan fingerprint density at radius 3 is 2.65 bits per heavy atom. The van der Waals surface area contributed by atoms with Crippen LogP contribution in [0.15, 0.2) is 47.4 Å². The number of carbonyl (C=O) groups excluding carboxylic acids is 1. The van der Waals surface area contributed by atoms with Crippen molar-refractivity contribution in [3.05, 3.63) is 57.7 Å². The normalized spacial score (nSPS) is 27.0. The molecule has 0 spiro atoms. The molecule has 0 aliphatic carbocycles. The lowest BCUT2D eigenvalue weighted by atomic mass is 9.96. The van der Waals surface area contributed by atoms with Crippen LogP contribution in [-0.2, 0) is 23.4 Å². The number of hydrogen-bond acceptors (Lipinski definition) is 10. The monoisotopic (exact) mass is 514 g/mol. The van der Waals surface area contributed by atoms with E-state index < -0.39 is 55.7 Å². The van der Waals surface area contributed by atoms with Gasteiger partial charge in [0.1, 0.15) is 23.6 Å². The molecule has 11 nitrogen and oxygen atoms in total. The lowest BCUT2D eigenvalue weighted by molar-refractivity contribution is -0.144. The average Bonchev–Trinajstić information content (AvgIpc) is 3.01. The van der Waals surface area contributed by atoms with Gasteiger partial charge in [0.05, 0.1) is 25.8 Å². The summed E-state index contributed by atoms with van der Waals surface area (Å²) in [6.07, 6.45) is -2.71. The third kappa shape index (κ3) is 5.83. The molecule has 3 N–H and O–H groups in total. The topological polar surface area (TPSA) is 149 Å². The zero-order valence-electron chi connectivity index (χ0n) is 18.8. The molecule has 0 saturated carbocycles. The molecule has 1 unspecified atom stereocenters. The number of carbonyl (C=O) groups is 1. The molecule has 186 valence electrons. The summed E-state index contributed by atoms with van der Waals surface area (Å²) in [5, 5.41) is 21.6. The number of rotatable bonds is 9. The van der Waals surface area contributed by atoms with Crippen LogP contribution in [0.4, 0.5) is 0 Å². The van der Waals surface area contributed by atoms with Crippen LogP contribution in [0.3, 0.4) is 0 Å². The Labute approximate surface area is 200 Å². The van der Waals surface area contributed by atoms with Crippen LogP contribution in [0.25, 0.3) is 0 Å². The van der Waals surface area contributed by atoms with E-state index in [1.54, 1.807) is 30.3 Å². The second-order valence-corrected chi connectivity index (χ2v) is 10.5. The quantitative estimate of drug-likeness (QED) is 0.258. The van der Waals surface area contributed by atoms with Crippen molar-refractivity contribution in [1.82, 2.24) is 9.55 Å². The van der Waals surface area contributed by atoms with E-state index in [-0.39, 0.29) is 16.7 Å². The van der Waals surface area contributed by atoms with E-state index in [0.29, 0.717) is 0 Å². The Hall–Kier alpha value is -2.34. The van der Waals surface area contributed by atoms with Gasteiger partial charge in [0.2, 0.25) is 0 Å². The van der Waals surface area contributed by atoms with Crippen molar-refractivity contribution >= 4 is 25.8 Å². The molecule has 3 rings (SSSR count). The van der Waals surface area contributed by atoms with Gasteiger partial charge in [-0.1, -0.05) is 25.1 Å². The van der Waals surface area contributed by atoms with Crippen molar-refractivity contribution in [3.8, 4) is 5.75 Å². The van der Waals surface area contributed by atoms with Crippen molar-refractivity contribution in [3.63, 3.8) is 0 Å². The van der Waals surface area contributed by atoms with Crippen molar-refractivity contribution in [2.45, 2.75) is 37.9 Å². The third-order valence-electron chi connectivity index (χ3n) is 5.38. The zero-order valence-corrected chi connectivity index (χ0v) is 20.5. The van der Waals surface area contributed by atoms with Crippen LogP contribution in [0.2, 0.25) is 0 Å². The average molecular weight is 514 g/mol. The number of nitrogens with zero attached hydrogens (tertiary/aromatic N) is 1. The summed E-state index contributed by atoms with van der Waals surface area (Å²) in [5.74, 6) is -1.13. The summed E-state index contributed by atoms with van der Waals surface area (Å²) in [5.41, 5.74) is -2.26. The molecule has 34 heavy (non-hydrogen) atoms. The van der Waals surface area contributed by atoms with E-state index in [1.807, 2.05) is 0 Å². The molecule has 6 atom stereocenters. The Balaban J connectivity index is 1.80. The van der Waals surface area contributed by atoms with Crippen LogP contribution in [0, 0.1) is 10.7 Å². The summed E-state index contributed by atoms with van der Waals surface area (Å²) < 4.78 is 36.6. The molecule has 0 radical (unpaired) electrons. The first kappa shape index (κ1) is 26.3. The smallest absolute Gasteiger partial charge is 0.380 e. The van der Waals surface area contributed by atoms with Crippen LogP contribution in [0.5, 0.6) is 5.75 Å². The van der Waals surface area contributed by atoms with Crippen LogP contribution in [-0.4, -0.2) is 63.4 Å². The molecular formula is C21H27N2O9PS. The van der Waals surface area contributed by atoms with Crippen molar-refractivity contribution in [1.29, 1.82) is 0 Å². The predicted octanol–water partition coefficient (Wildman–Crippen LogP) is 2.01. The fraction of sp³-hybridized carbons (Fsp3) is 0.476. The Kier molecular flexibility index (Phi) is 8.12. The van der Waals surface area contributed by atoms with Gasteiger partial charge in [-0.25, -0.2) is 4.57 Å². The van der Waals surface area contributed by atoms with Crippen LogP contribution >= 0.6 is 19.8 Å². The van der Waals surface area contributed by atoms with Gasteiger partial charge in [-0.15, -0.1) is 0 Å². The van der Waals surface area contributed by atoms with Gasteiger partial charge in [0.25, 0.3) is 5.56 Å². The zero-order chi connectivity index (χ0) is 25.1. The number of esters is 1. The van der Waals surface area contributed by atoms with Gasteiger partial charge in [-0.2, -0.15) is 0 Å². The van der Waals surface area contributed by atoms with E-state index in [2.05, 4.69) is 4.98 Å². The summed E-state index contributed by atoms with van der Waals surface area (Å²) in [6, 6.07) is 9.48. The second kappa shape index (κ2) is 10.5. The van der Waals surface area contributed by atoms with Gasteiger partial charge in [0, 0.05) is 12.3 Å². The largest absolute Gasteiger partial charge is 0.469 e. The Morgan fingerprint density at radius 2 is 2.03 bits per heavy atom. The highest BCUT2D eigenvalue weighted by Crippen LogP contribution is 2.51. The van der Waals surface area contributed by atoms with Gasteiger partial charge in [-0.3, -0.25) is 23.7 Å². The number of aliphatic hydroxyl groups is 2. The van der Waals surface area contributed by atoms with Gasteiger partial charge < -0.3 is 24.2 Å². The first-order chi connectivity index (χ1) is 16.0. The summed E-state index contributed by atoms with van der Waals surface area (Å²) in [6.45, 7) is 2.44. The Bertz CT molecular complexity index is 1170. The van der Waals surface area contributed by atoms with E-state index in [0.717, 1.165) is 0 Å². The summed E-state index contributed by atoms with van der Waals surface area (Å²) in [7, 11) is -2.72. The maximum absolute atomic E-state index is 13.6. The van der Waals surface area contributed by atoms with Crippen molar-refractivity contribution in [2.24, 2.45) is 5.92 Å². The summed E-state index contributed by atoms with van der Waals surface area (Å²) >= 11 is 5.13. The predicted molar refractivity (Wildman–Crippen MR) is 123 cm³/mol. The van der Waals surface area contributed by atoms with Crippen LogP contribution in [0.1, 0.15) is 20.1 Å². The van der Waals surface area contributed by atoms with Gasteiger partial charge >= 0.3 is 13.6 Å². The number of para-hydroxylation sites is 1. The molecule has 0 amide bonds. The molecule has 0 bridgehead atoms. The number of methoxy groups -OCH3 is 1. The highest BCUT2D eigenvalue weighted by Gasteiger charge is 2.53. The molecule has 1 fully saturated rings. The maximum Gasteiger partial charge on any atom is 0.380 e. The number of benzene rings is 1. The first-order valence-corrected chi connectivity index (χ1v) is 12.5.